The molecule has 0 radical (unpaired) electrons. The summed E-state index contributed by atoms with van der Waals surface area (Å²) in [7, 11) is 0. The summed E-state index contributed by atoms with van der Waals surface area (Å²) in [6, 6.07) is 14.2. The first-order valence-electron chi connectivity index (χ1n) is 11.9. The maximum Gasteiger partial charge on any atom is 0.349 e. The highest BCUT2D eigenvalue weighted by atomic mass is 32.2. The van der Waals surface area contributed by atoms with Gasteiger partial charge in [0.2, 0.25) is 0 Å². The van der Waals surface area contributed by atoms with Crippen molar-refractivity contribution in [1.82, 2.24) is 5.01 Å². The molecule has 6 heteroatoms. The summed E-state index contributed by atoms with van der Waals surface area (Å²) in [5.74, 6) is 2.57. The Balaban J connectivity index is 1.68. The number of fused-ring (bicyclic) bond motifs is 1. The van der Waals surface area contributed by atoms with E-state index in [9.17, 15) is 4.79 Å². The zero-order valence-electron chi connectivity index (χ0n) is 18.8. The number of anilines is 3. The summed E-state index contributed by atoms with van der Waals surface area (Å²) in [6.07, 6.45) is 8.05. The molecule has 2 aromatic carbocycles. The Morgan fingerprint density at radius 3 is 2.41 bits per heavy atom. The summed E-state index contributed by atoms with van der Waals surface area (Å²) in [5, 5.41) is 7.02. The van der Waals surface area contributed by atoms with Gasteiger partial charge in [-0.15, -0.1) is 0 Å². The molecule has 168 valence electrons. The van der Waals surface area contributed by atoms with E-state index in [2.05, 4.69) is 25.1 Å². The van der Waals surface area contributed by atoms with E-state index in [0.29, 0.717) is 11.6 Å². The minimum absolute atomic E-state index is 0.0515. The number of benzene rings is 2. The number of rotatable bonds is 3. The zero-order chi connectivity index (χ0) is 22.1. The van der Waals surface area contributed by atoms with Crippen LogP contribution in [-0.2, 0) is 0 Å². The summed E-state index contributed by atoms with van der Waals surface area (Å²) in [4.78, 5) is 16.0. The molecular weight excluding hydrogens is 416 g/mol. The number of thioether (sulfide) groups is 1. The van der Waals surface area contributed by atoms with Crippen molar-refractivity contribution in [2.24, 2.45) is 11.0 Å². The van der Waals surface area contributed by atoms with E-state index in [-0.39, 0.29) is 12.1 Å². The van der Waals surface area contributed by atoms with Crippen molar-refractivity contribution in [3.05, 3.63) is 53.6 Å². The first-order chi connectivity index (χ1) is 15.6. The smallest absolute Gasteiger partial charge is 0.349 e. The van der Waals surface area contributed by atoms with Crippen LogP contribution < -0.4 is 10.6 Å². The van der Waals surface area contributed by atoms with Gasteiger partial charge in [-0.2, -0.15) is 16.9 Å². The Bertz CT molecular complexity index is 1010. The fraction of sp³-hybridized carbons (Fsp3) is 0.462. The molecule has 1 aliphatic carbocycles. The molecule has 0 bridgehead atoms. The molecule has 2 fully saturated rings. The van der Waals surface area contributed by atoms with Crippen molar-refractivity contribution in [2.45, 2.75) is 57.9 Å². The minimum atomic E-state index is -0.0515. The normalized spacial score (nSPS) is 20.7. The lowest BCUT2D eigenvalue weighted by Gasteiger charge is -2.33. The van der Waals surface area contributed by atoms with Crippen LogP contribution >= 0.6 is 11.8 Å². The number of hydrogen-bond acceptors (Lipinski definition) is 4. The van der Waals surface area contributed by atoms with Crippen LogP contribution in [0.3, 0.4) is 0 Å². The van der Waals surface area contributed by atoms with Crippen molar-refractivity contribution < 1.29 is 4.79 Å². The van der Waals surface area contributed by atoms with Gasteiger partial charge in [-0.3, -0.25) is 4.90 Å². The lowest BCUT2D eigenvalue weighted by atomic mass is 9.82. The van der Waals surface area contributed by atoms with Crippen LogP contribution in [0, 0.1) is 12.8 Å². The molecule has 1 saturated carbocycles. The van der Waals surface area contributed by atoms with Crippen molar-refractivity contribution in [3.8, 4) is 0 Å². The highest BCUT2D eigenvalue weighted by Crippen LogP contribution is 2.39. The Labute approximate surface area is 195 Å². The summed E-state index contributed by atoms with van der Waals surface area (Å²) in [5.41, 5.74) is 11.8. The second-order valence-corrected chi connectivity index (χ2v) is 10.5. The molecule has 3 aliphatic rings. The first-order valence-corrected chi connectivity index (χ1v) is 13.0. The number of urea groups is 1. The molecule has 0 atom stereocenters. The van der Waals surface area contributed by atoms with E-state index in [1.165, 1.54) is 19.3 Å². The number of hydrogen-bond donors (Lipinski definition) is 1. The van der Waals surface area contributed by atoms with Gasteiger partial charge >= 0.3 is 6.03 Å². The number of carbonyl (C=O) groups excluding carboxylic acids is 1. The SMILES string of the molecule is Cc1ccc2c(c1)N(c1ccc(N)cc1)C(=O)N(C1CCSCC1)N=C2C1CCCCC1. The second-order valence-electron chi connectivity index (χ2n) is 9.24. The number of nitrogens with zero attached hydrogens (tertiary/aromatic N) is 3. The van der Waals surface area contributed by atoms with Crippen LogP contribution in [0.1, 0.15) is 56.1 Å². The molecule has 5 nitrogen and oxygen atoms in total. The molecule has 0 spiro atoms. The van der Waals surface area contributed by atoms with Crippen LogP contribution in [0.25, 0.3) is 0 Å². The van der Waals surface area contributed by atoms with Gasteiger partial charge in [0.15, 0.2) is 0 Å². The molecule has 5 rings (SSSR count). The topological polar surface area (TPSA) is 61.9 Å². The quantitative estimate of drug-likeness (QED) is 0.558. The lowest BCUT2D eigenvalue weighted by molar-refractivity contribution is 0.182. The maximum absolute atomic E-state index is 14.1. The monoisotopic (exact) mass is 448 g/mol. The molecule has 32 heavy (non-hydrogen) atoms. The fourth-order valence-electron chi connectivity index (χ4n) is 5.18. The zero-order valence-corrected chi connectivity index (χ0v) is 19.6. The number of hydrazone groups is 1. The highest BCUT2D eigenvalue weighted by molar-refractivity contribution is 7.99. The molecule has 2 amide bonds. The largest absolute Gasteiger partial charge is 0.399 e. The van der Waals surface area contributed by atoms with Crippen molar-refractivity contribution in [3.63, 3.8) is 0 Å². The second kappa shape index (κ2) is 9.18. The van der Waals surface area contributed by atoms with Gasteiger partial charge in [0.25, 0.3) is 0 Å². The van der Waals surface area contributed by atoms with Crippen LogP contribution in [0.15, 0.2) is 47.6 Å². The number of nitrogen functional groups attached to an aromatic ring is 1. The molecule has 2 N–H and O–H groups in total. The van der Waals surface area contributed by atoms with E-state index >= 15 is 0 Å². The van der Waals surface area contributed by atoms with Crippen LogP contribution in [0.5, 0.6) is 0 Å². The van der Waals surface area contributed by atoms with E-state index in [4.69, 9.17) is 10.8 Å². The first kappa shape index (κ1) is 21.4. The van der Waals surface area contributed by atoms with Gasteiger partial charge in [-0.1, -0.05) is 31.4 Å². The van der Waals surface area contributed by atoms with Crippen molar-refractivity contribution in [1.29, 1.82) is 0 Å². The minimum Gasteiger partial charge on any atom is -0.399 e. The van der Waals surface area contributed by atoms with Crippen molar-refractivity contribution >= 4 is 40.6 Å². The third-order valence-electron chi connectivity index (χ3n) is 6.95. The Morgan fingerprint density at radius 2 is 1.69 bits per heavy atom. The predicted octanol–water partition coefficient (Wildman–Crippen LogP) is 6.33. The Hall–Kier alpha value is -2.47. The average molecular weight is 449 g/mol. The van der Waals surface area contributed by atoms with Gasteiger partial charge in [-0.05, 0) is 80.0 Å². The number of carbonyl (C=O) groups is 1. The van der Waals surface area contributed by atoms with Gasteiger partial charge < -0.3 is 5.73 Å². The van der Waals surface area contributed by atoms with Crippen LogP contribution in [0.4, 0.5) is 21.9 Å². The standard InChI is InChI=1S/C26H32N4OS/c1-18-7-12-23-24(17-18)29(21-10-8-20(27)9-11-21)26(31)30(22-13-15-32-16-14-22)28-25(23)19-5-3-2-4-6-19/h7-12,17,19,22H,2-6,13-16,27H2,1H3. The lowest BCUT2D eigenvalue weighted by Crippen LogP contribution is -2.44. The van der Waals surface area contributed by atoms with Gasteiger partial charge in [0, 0.05) is 17.2 Å². The summed E-state index contributed by atoms with van der Waals surface area (Å²) in [6.45, 7) is 2.09. The fourth-order valence-corrected chi connectivity index (χ4v) is 6.26. The van der Waals surface area contributed by atoms with Crippen LogP contribution in [0.2, 0.25) is 0 Å². The molecular formula is C26H32N4OS. The third kappa shape index (κ3) is 4.13. The highest BCUT2D eigenvalue weighted by Gasteiger charge is 2.37. The molecule has 2 aromatic rings. The van der Waals surface area contributed by atoms with E-state index in [0.717, 1.165) is 65.4 Å². The number of amides is 2. The third-order valence-corrected chi connectivity index (χ3v) is 8.00. The van der Waals surface area contributed by atoms with E-state index < -0.39 is 0 Å². The average Bonchev–Trinajstić information content (AvgIpc) is 2.95. The van der Waals surface area contributed by atoms with Crippen LogP contribution in [-0.4, -0.2) is 34.3 Å². The predicted molar refractivity (Wildman–Crippen MR) is 135 cm³/mol. The van der Waals surface area contributed by atoms with E-state index in [1.54, 1.807) is 0 Å². The van der Waals surface area contributed by atoms with Gasteiger partial charge in [0.05, 0.1) is 23.1 Å². The van der Waals surface area contributed by atoms with Crippen molar-refractivity contribution in [2.75, 3.05) is 22.1 Å². The number of nitrogens with two attached hydrogens (primary N) is 1. The van der Waals surface area contributed by atoms with E-state index in [1.807, 2.05) is 45.9 Å². The Morgan fingerprint density at radius 1 is 0.969 bits per heavy atom. The Kier molecular flexibility index (Phi) is 6.13. The van der Waals surface area contributed by atoms with Gasteiger partial charge in [-0.25, -0.2) is 9.80 Å². The molecule has 0 unspecified atom stereocenters. The molecule has 2 heterocycles. The summed E-state index contributed by atoms with van der Waals surface area (Å²) >= 11 is 1.97. The molecule has 0 aromatic heterocycles. The number of aryl methyl sites for hydroxylation is 1. The maximum atomic E-state index is 14.1. The molecule has 1 saturated heterocycles. The molecule has 2 aliphatic heterocycles. The van der Waals surface area contributed by atoms with Gasteiger partial charge in [0.1, 0.15) is 0 Å². The summed E-state index contributed by atoms with van der Waals surface area (Å²) < 4.78 is 0.